The molecule has 1 fully saturated rings. The summed E-state index contributed by atoms with van der Waals surface area (Å²) in [6, 6.07) is 19.1. The van der Waals surface area contributed by atoms with E-state index in [1.807, 2.05) is 24.3 Å². The fraction of sp³-hybridized carbons (Fsp3) is 0.296. The summed E-state index contributed by atoms with van der Waals surface area (Å²) in [6.45, 7) is 0.755. The molecule has 1 aliphatic carbocycles. The Morgan fingerprint density at radius 2 is 1.60 bits per heavy atom. The van der Waals surface area contributed by atoms with Crippen molar-refractivity contribution in [2.45, 2.75) is 49.6 Å². The molecule has 2 N–H and O–H groups in total. The minimum atomic E-state index is -3.86. The maximum atomic E-state index is 13.1. The highest BCUT2D eigenvalue weighted by Crippen LogP contribution is 2.25. The van der Waals surface area contributed by atoms with E-state index in [4.69, 9.17) is 0 Å². The van der Waals surface area contributed by atoms with Crippen LogP contribution in [0.3, 0.4) is 0 Å². The van der Waals surface area contributed by atoms with Gasteiger partial charge >= 0.3 is 0 Å². The summed E-state index contributed by atoms with van der Waals surface area (Å²) >= 11 is 0. The van der Waals surface area contributed by atoms with E-state index in [1.165, 1.54) is 56.4 Å². The van der Waals surface area contributed by atoms with Crippen LogP contribution in [0.2, 0.25) is 0 Å². The van der Waals surface area contributed by atoms with Gasteiger partial charge in [-0.15, -0.1) is 0 Å². The fourth-order valence-electron chi connectivity index (χ4n) is 4.41. The smallest absolute Gasteiger partial charge is 0.261 e. The third-order valence-electron chi connectivity index (χ3n) is 6.41. The quantitative estimate of drug-likeness (QED) is 0.424. The van der Waals surface area contributed by atoms with Gasteiger partial charge in [-0.1, -0.05) is 37.5 Å². The zero-order valence-corrected chi connectivity index (χ0v) is 20.5. The summed E-state index contributed by atoms with van der Waals surface area (Å²) in [7, 11) is -1.72. The average Bonchev–Trinajstić information content (AvgIpc) is 2.86. The van der Waals surface area contributed by atoms with Gasteiger partial charge in [0.1, 0.15) is 5.82 Å². The van der Waals surface area contributed by atoms with E-state index < -0.39 is 15.8 Å². The summed E-state index contributed by atoms with van der Waals surface area (Å²) < 4.78 is 40.5. The second-order valence-electron chi connectivity index (χ2n) is 8.95. The summed E-state index contributed by atoms with van der Waals surface area (Å²) in [4.78, 5) is 15.2. The van der Waals surface area contributed by atoms with Crippen LogP contribution < -0.4 is 10.0 Å². The molecule has 0 heterocycles. The predicted octanol–water partition coefficient (Wildman–Crippen LogP) is 5.64. The molecular weight excluding hydrogens is 465 g/mol. The molecule has 0 bridgehead atoms. The first kappa shape index (κ1) is 24.9. The number of hydrogen-bond acceptors (Lipinski definition) is 4. The lowest BCUT2D eigenvalue weighted by atomic mass is 9.94. The van der Waals surface area contributed by atoms with Crippen molar-refractivity contribution in [3.63, 3.8) is 0 Å². The molecular formula is C27H30FN3O3S. The van der Waals surface area contributed by atoms with Crippen LogP contribution in [-0.4, -0.2) is 32.3 Å². The van der Waals surface area contributed by atoms with Gasteiger partial charge in [-0.05, 0) is 80.1 Å². The maximum Gasteiger partial charge on any atom is 0.261 e. The molecule has 8 heteroatoms. The molecule has 6 nitrogen and oxygen atoms in total. The van der Waals surface area contributed by atoms with Gasteiger partial charge in [-0.25, -0.2) is 12.8 Å². The lowest BCUT2D eigenvalue weighted by molar-refractivity contribution is 0.102. The molecule has 3 aromatic rings. The maximum absolute atomic E-state index is 13.1. The minimum Gasteiger partial charge on any atom is -0.322 e. The zero-order valence-electron chi connectivity index (χ0n) is 19.7. The number of amides is 1. The minimum absolute atomic E-state index is 0.0458. The normalized spacial score (nSPS) is 14.6. The molecule has 4 rings (SSSR count). The highest BCUT2D eigenvalue weighted by atomic mass is 32.2. The molecule has 35 heavy (non-hydrogen) atoms. The Bertz CT molecular complexity index is 1260. The Kier molecular flexibility index (Phi) is 7.83. The number of rotatable bonds is 8. The standard InChI is InChI=1S/C27H30FN3O3S/c1-31(24-8-3-2-4-9-24)19-21-7-5-6-10-26(21)29-27(32)20-11-15-23(16-12-20)30-35(33,34)25-17-13-22(28)14-18-25/h5-7,10-18,24,30H,2-4,8-9,19H2,1H3,(H,29,32). The Morgan fingerprint density at radius 3 is 2.29 bits per heavy atom. The van der Waals surface area contributed by atoms with Crippen LogP contribution in [0.1, 0.15) is 48.0 Å². The molecule has 0 saturated heterocycles. The van der Waals surface area contributed by atoms with E-state index in [9.17, 15) is 17.6 Å². The average molecular weight is 496 g/mol. The number of anilines is 2. The van der Waals surface area contributed by atoms with E-state index in [0.717, 1.165) is 29.9 Å². The Labute approximate surface area is 206 Å². The summed E-state index contributed by atoms with van der Waals surface area (Å²) in [5.74, 6) is -0.785. The zero-order chi connectivity index (χ0) is 24.8. The van der Waals surface area contributed by atoms with Crippen LogP contribution in [0, 0.1) is 5.82 Å². The fourth-order valence-corrected chi connectivity index (χ4v) is 5.47. The Morgan fingerprint density at radius 1 is 0.943 bits per heavy atom. The predicted molar refractivity (Wildman–Crippen MR) is 136 cm³/mol. The van der Waals surface area contributed by atoms with E-state index in [-0.39, 0.29) is 10.8 Å². The van der Waals surface area contributed by atoms with Crippen LogP contribution in [0.25, 0.3) is 0 Å². The number of benzene rings is 3. The van der Waals surface area contributed by atoms with Gasteiger partial charge in [0.15, 0.2) is 0 Å². The molecule has 0 atom stereocenters. The van der Waals surface area contributed by atoms with Crippen LogP contribution in [-0.2, 0) is 16.6 Å². The van der Waals surface area contributed by atoms with Crippen molar-refractivity contribution in [3.05, 3.63) is 89.7 Å². The van der Waals surface area contributed by atoms with Crippen molar-refractivity contribution in [2.24, 2.45) is 0 Å². The molecule has 0 aromatic heterocycles. The lowest BCUT2D eigenvalue weighted by Crippen LogP contribution is -2.33. The van der Waals surface area contributed by atoms with Crippen molar-refractivity contribution in [1.29, 1.82) is 0 Å². The van der Waals surface area contributed by atoms with Gasteiger partial charge < -0.3 is 5.32 Å². The largest absolute Gasteiger partial charge is 0.322 e. The van der Waals surface area contributed by atoms with Crippen molar-refractivity contribution in [3.8, 4) is 0 Å². The topological polar surface area (TPSA) is 78.5 Å². The number of nitrogens with one attached hydrogen (secondary N) is 2. The first-order valence-electron chi connectivity index (χ1n) is 11.8. The monoisotopic (exact) mass is 495 g/mol. The van der Waals surface area contributed by atoms with E-state index in [1.54, 1.807) is 12.1 Å². The molecule has 1 saturated carbocycles. The van der Waals surface area contributed by atoms with E-state index in [2.05, 4.69) is 22.0 Å². The third-order valence-corrected chi connectivity index (χ3v) is 7.80. The van der Waals surface area contributed by atoms with Gasteiger partial charge in [0.05, 0.1) is 4.90 Å². The first-order chi connectivity index (χ1) is 16.8. The number of nitrogens with zero attached hydrogens (tertiary/aromatic N) is 1. The number of hydrogen-bond donors (Lipinski definition) is 2. The van der Waals surface area contributed by atoms with Gasteiger partial charge in [0.25, 0.3) is 15.9 Å². The van der Waals surface area contributed by atoms with Crippen LogP contribution in [0.5, 0.6) is 0 Å². The molecule has 0 spiro atoms. The molecule has 184 valence electrons. The lowest BCUT2D eigenvalue weighted by Gasteiger charge is -2.31. The molecule has 0 aliphatic heterocycles. The van der Waals surface area contributed by atoms with Crippen LogP contribution >= 0.6 is 0 Å². The van der Waals surface area contributed by atoms with Gasteiger partial charge in [0, 0.05) is 29.5 Å². The number of carbonyl (C=O) groups is 1. The van der Waals surface area contributed by atoms with Gasteiger partial charge in [-0.3, -0.25) is 14.4 Å². The molecule has 0 radical (unpaired) electrons. The first-order valence-corrected chi connectivity index (χ1v) is 13.3. The van der Waals surface area contributed by atoms with E-state index in [0.29, 0.717) is 17.3 Å². The summed E-state index contributed by atoms with van der Waals surface area (Å²) in [6.07, 6.45) is 6.26. The Balaban J connectivity index is 1.41. The highest BCUT2D eigenvalue weighted by Gasteiger charge is 2.19. The third kappa shape index (κ3) is 6.46. The van der Waals surface area contributed by atoms with Crippen molar-refractivity contribution >= 4 is 27.3 Å². The van der Waals surface area contributed by atoms with Gasteiger partial charge in [0.2, 0.25) is 0 Å². The summed E-state index contributed by atoms with van der Waals surface area (Å²) in [5, 5.41) is 2.99. The molecule has 3 aromatic carbocycles. The van der Waals surface area contributed by atoms with Crippen LogP contribution in [0.15, 0.2) is 77.7 Å². The Hall–Kier alpha value is -3.23. The highest BCUT2D eigenvalue weighted by molar-refractivity contribution is 7.92. The van der Waals surface area contributed by atoms with Crippen molar-refractivity contribution < 1.29 is 17.6 Å². The van der Waals surface area contributed by atoms with Gasteiger partial charge in [-0.2, -0.15) is 0 Å². The van der Waals surface area contributed by atoms with E-state index >= 15 is 0 Å². The number of carbonyl (C=O) groups excluding carboxylic acids is 1. The number of para-hydroxylation sites is 1. The SMILES string of the molecule is CN(Cc1ccccc1NC(=O)c1ccc(NS(=O)(=O)c2ccc(F)cc2)cc1)C1CCCCC1. The molecule has 1 aliphatic rings. The summed E-state index contributed by atoms with van der Waals surface area (Å²) in [5.41, 5.74) is 2.53. The van der Waals surface area contributed by atoms with Crippen molar-refractivity contribution in [1.82, 2.24) is 4.90 Å². The van der Waals surface area contributed by atoms with Crippen LogP contribution in [0.4, 0.5) is 15.8 Å². The molecule has 0 unspecified atom stereocenters. The van der Waals surface area contributed by atoms with Crippen molar-refractivity contribution in [2.75, 3.05) is 17.1 Å². The second-order valence-corrected chi connectivity index (χ2v) is 10.6. The number of sulfonamides is 1. The number of halogens is 1. The molecule has 1 amide bonds. The second kappa shape index (κ2) is 11.0.